The molecule has 0 aromatic heterocycles. The lowest BCUT2D eigenvalue weighted by atomic mass is 9.86. The Balaban J connectivity index is 1.69. The van der Waals surface area contributed by atoms with E-state index in [0.717, 1.165) is 25.7 Å². The zero-order chi connectivity index (χ0) is 20.3. The number of unbranched alkanes of at least 4 members (excludes halogenated alkanes) is 2. The molecule has 28 heavy (non-hydrogen) atoms. The number of benzene rings is 1. The number of amides is 3. The summed E-state index contributed by atoms with van der Waals surface area (Å²) in [6, 6.07) is 6.49. The monoisotopic (exact) mass is 385 g/mol. The van der Waals surface area contributed by atoms with Crippen molar-refractivity contribution in [3.8, 4) is 0 Å². The van der Waals surface area contributed by atoms with Gasteiger partial charge in [-0.05, 0) is 18.6 Å². The third kappa shape index (κ3) is 2.45. The van der Waals surface area contributed by atoms with Crippen LogP contribution in [0.3, 0.4) is 0 Å². The van der Waals surface area contributed by atoms with Crippen molar-refractivity contribution in [2.24, 2.45) is 11.1 Å². The van der Waals surface area contributed by atoms with Gasteiger partial charge in [0.15, 0.2) is 5.66 Å². The lowest BCUT2D eigenvalue weighted by Crippen LogP contribution is -2.37. The molecule has 3 heterocycles. The van der Waals surface area contributed by atoms with Crippen LogP contribution >= 0.6 is 0 Å². The zero-order valence-electron chi connectivity index (χ0n) is 16.6. The second-order valence-corrected chi connectivity index (χ2v) is 8.70. The molecule has 7 nitrogen and oxygen atoms in total. The van der Waals surface area contributed by atoms with E-state index in [0.29, 0.717) is 12.2 Å². The largest absolute Gasteiger partial charge is 0.449 e. The van der Waals surface area contributed by atoms with Crippen LogP contribution in [0.15, 0.2) is 24.3 Å². The van der Waals surface area contributed by atoms with Crippen molar-refractivity contribution in [3.63, 3.8) is 0 Å². The molecule has 4 rings (SSSR count). The summed E-state index contributed by atoms with van der Waals surface area (Å²) in [5.74, 6) is -0.871. The molecule has 3 atom stereocenters. The molecule has 0 bridgehead atoms. The van der Waals surface area contributed by atoms with E-state index < -0.39 is 11.6 Å². The average Bonchev–Trinajstić information content (AvgIpc) is 3.53. The zero-order valence-corrected chi connectivity index (χ0v) is 16.6. The molecule has 2 N–H and O–H groups in total. The van der Waals surface area contributed by atoms with Gasteiger partial charge in [0.2, 0.25) is 5.91 Å². The van der Waals surface area contributed by atoms with Crippen LogP contribution < -0.4 is 5.73 Å². The van der Waals surface area contributed by atoms with Crippen LogP contribution in [0.2, 0.25) is 0 Å². The van der Waals surface area contributed by atoms with E-state index in [1.807, 2.05) is 0 Å². The van der Waals surface area contributed by atoms with Crippen molar-refractivity contribution in [1.29, 1.82) is 0 Å². The van der Waals surface area contributed by atoms with Crippen LogP contribution in [0.25, 0.3) is 0 Å². The van der Waals surface area contributed by atoms with Crippen LogP contribution in [0, 0.1) is 5.41 Å². The second kappa shape index (κ2) is 6.22. The van der Waals surface area contributed by atoms with Crippen LogP contribution in [-0.2, 0) is 4.74 Å². The molecule has 3 fully saturated rings. The summed E-state index contributed by atoms with van der Waals surface area (Å²) in [7, 11) is 0. The van der Waals surface area contributed by atoms with Gasteiger partial charge in [0.05, 0.1) is 23.2 Å². The summed E-state index contributed by atoms with van der Waals surface area (Å²) in [5.41, 5.74) is 5.12. The molecule has 0 saturated carbocycles. The van der Waals surface area contributed by atoms with Gasteiger partial charge in [0.25, 0.3) is 5.91 Å². The number of hydrogen-bond donors (Lipinski definition) is 1. The molecule has 0 aliphatic carbocycles. The summed E-state index contributed by atoms with van der Waals surface area (Å²) in [6.07, 6.45) is 3.61. The van der Waals surface area contributed by atoms with E-state index in [4.69, 9.17) is 10.5 Å². The molecular formula is C21H27N3O4. The molecule has 3 aliphatic heterocycles. The second-order valence-electron chi connectivity index (χ2n) is 8.70. The van der Waals surface area contributed by atoms with Gasteiger partial charge >= 0.3 is 6.09 Å². The number of carbonyl (C=O) groups excluding carboxylic acids is 3. The maximum absolute atomic E-state index is 13.4. The summed E-state index contributed by atoms with van der Waals surface area (Å²) < 4.78 is 5.37. The molecule has 1 spiro atoms. The maximum Gasteiger partial charge on any atom is 0.412 e. The predicted octanol–water partition coefficient (Wildman–Crippen LogP) is 2.75. The third-order valence-corrected chi connectivity index (χ3v) is 6.33. The first-order chi connectivity index (χ1) is 13.3. The smallest absolute Gasteiger partial charge is 0.412 e. The Morgan fingerprint density at radius 2 is 1.89 bits per heavy atom. The highest BCUT2D eigenvalue weighted by molar-refractivity contribution is 6.08. The van der Waals surface area contributed by atoms with Gasteiger partial charge in [0, 0.05) is 5.41 Å². The summed E-state index contributed by atoms with van der Waals surface area (Å²) in [6.45, 7) is 6.60. The van der Waals surface area contributed by atoms with Crippen molar-refractivity contribution < 1.29 is 19.1 Å². The van der Waals surface area contributed by atoms with E-state index >= 15 is 0 Å². The molecule has 1 unspecified atom stereocenters. The number of fused-ring (bicyclic) bond motifs is 3. The molecule has 150 valence electrons. The van der Waals surface area contributed by atoms with Gasteiger partial charge in [0.1, 0.15) is 6.61 Å². The number of carbonyl (C=O) groups is 3. The number of nitrogens with two attached hydrogens (primary N) is 1. The first kappa shape index (κ1) is 18.8. The third-order valence-electron chi connectivity index (χ3n) is 6.33. The van der Waals surface area contributed by atoms with Crippen molar-refractivity contribution in [3.05, 3.63) is 35.4 Å². The Hall–Kier alpha value is -2.57. The highest BCUT2D eigenvalue weighted by Crippen LogP contribution is 2.68. The number of nitrogens with zero attached hydrogens (tertiary/aromatic N) is 2. The van der Waals surface area contributed by atoms with Crippen LogP contribution in [0.4, 0.5) is 4.79 Å². The van der Waals surface area contributed by atoms with E-state index in [9.17, 15) is 14.4 Å². The van der Waals surface area contributed by atoms with Crippen molar-refractivity contribution >= 4 is 17.9 Å². The average molecular weight is 385 g/mol. The predicted molar refractivity (Wildman–Crippen MR) is 103 cm³/mol. The summed E-state index contributed by atoms with van der Waals surface area (Å²) in [5, 5.41) is 0. The molecule has 3 saturated heterocycles. The van der Waals surface area contributed by atoms with Crippen molar-refractivity contribution in [1.82, 2.24) is 9.80 Å². The quantitative estimate of drug-likeness (QED) is 0.602. The van der Waals surface area contributed by atoms with Crippen LogP contribution in [0.5, 0.6) is 0 Å². The van der Waals surface area contributed by atoms with Gasteiger partial charge in [-0.3, -0.25) is 14.5 Å². The lowest BCUT2D eigenvalue weighted by molar-refractivity contribution is 0.0494. The van der Waals surface area contributed by atoms with Crippen molar-refractivity contribution in [2.75, 3.05) is 6.61 Å². The molecule has 3 aliphatic rings. The fourth-order valence-electron chi connectivity index (χ4n) is 5.06. The Bertz CT molecular complexity index is 852. The molecule has 1 aromatic rings. The first-order valence-electron chi connectivity index (χ1n) is 9.97. The van der Waals surface area contributed by atoms with E-state index in [1.54, 1.807) is 34.1 Å². The summed E-state index contributed by atoms with van der Waals surface area (Å²) in [4.78, 5) is 41.2. The Labute approximate surface area is 164 Å². The summed E-state index contributed by atoms with van der Waals surface area (Å²) >= 11 is 0. The lowest BCUT2D eigenvalue weighted by Gasteiger charge is -2.27. The molecule has 3 amide bonds. The van der Waals surface area contributed by atoms with E-state index in [-0.39, 0.29) is 35.1 Å². The maximum atomic E-state index is 13.4. The topological polar surface area (TPSA) is 92.5 Å². The van der Waals surface area contributed by atoms with Gasteiger partial charge in [-0.25, -0.2) is 4.79 Å². The minimum atomic E-state index is -0.629. The van der Waals surface area contributed by atoms with Gasteiger partial charge in [-0.15, -0.1) is 0 Å². The minimum Gasteiger partial charge on any atom is -0.449 e. The molecule has 7 heteroatoms. The van der Waals surface area contributed by atoms with E-state index in [1.165, 1.54) is 0 Å². The number of rotatable bonds is 6. The highest BCUT2D eigenvalue weighted by Gasteiger charge is 2.90. The number of hydrogen-bond acceptors (Lipinski definition) is 4. The Morgan fingerprint density at radius 1 is 1.21 bits per heavy atom. The van der Waals surface area contributed by atoms with Gasteiger partial charge in [-0.2, -0.15) is 0 Å². The number of ether oxygens (including phenoxy) is 1. The SMILES string of the molecule is CCCCCC1N(C(=O)c2ccccc2C(N)=O)[C@@]12[C@H]1N2C(=O)OCC1(C)C. The number of cyclic esters (lactones) is 1. The standard InChI is InChI=1S/C21H27N3O4/c1-4-5-6-11-15-21(18-20(2,3)12-28-19(27)24(18)21)23(15)17(26)14-10-8-7-9-13(14)16(22)25/h7-10,15,18H,4-6,11-12H2,1-3H3,(H2,22,25)/t15?,18-,21-,23?,24?/m0/s1. The fraction of sp³-hybridized carbons (Fsp3) is 0.571. The number of primary amides is 1. The normalized spacial score (nSPS) is 29.3. The minimum absolute atomic E-state index is 0.0533. The fourth-order valence-corrected chi connectivity index (χ4v) is 5.06. The Morgan fingerprint density at radius 3 is 2.50 bits per heavy atom. The van der Waals surface area contributed by atoms with Crippen molar-refractivity contribution in [2.45, 2.75) is 64.2 Å². The Kier molecular flexibility index (Phi) is 4.17. The molecule has 0 radical (unpaired) electrons. The van der Waals surface area contributed by atoms with Crippen LogP contribution in [-0.4, -0.2) is 52.1 Å². The van der Waals surface area contributed by atoms with Crippen LogP contribution in [0.1, 0.15) is 67.2 Å². The van der Waals surface area contributed by atoms with E-state index in [2.05, 4.69) is 20.8 Å². The van der Waals surface area contributed by atoms with Gasteiger partial charge < -0.3 is 15.4 Å². The first-order valence-corrected chi connectivity index (χ1v) is 9.97. The highest BCUT2D eigenvalue weighted by atomic mass is 16.6. The molecule has 1 aromatic carbocycles. The molecular weight excluding hydrogens is 358 g/mol. The van der Waals surface area contributed by atoms with Gasteiger partial charge in [-0.1, -0.05) is 52.2 Å².